The van der Waals surface area contributed by atoms with Crippen molar-refractivity contribution in [2.75, 3.05) is 20.3 Å². The molecule has 6 nitrogen and oxygen atoms in total. The summed E-state index contributed by atoms with van der Waals surface area (Å²) in [6, 6.07) is 4.07. The van der Waals surface area contributed by atoms with Gasteiger partial charge in [-0.15, -0.1) is 0 Å². The smallest absolute Gasteiger partial charge is 0.213 e. The average molecular weight is 280 g/mol. The van der Waals surface area contributed by atoms with Gasteiger partial charge in [0.1, 0.15) is 6.61 Å². The number of guanidine groups is 1. The molecule has 0 amide bonds. The zero-order valence-electron chi connectivity index (χ0n) is 12.4. The van der Waals surface area contributed by atoms with E-state index < -0.39 is 0 Å². The van der Waals surface area contributed by atoms with Crippen LogP contribution in [0.2, 0.25) is 0 Å². The number of nitrogens with zero attached hydrogens (tertiary/aromatic N) is 2. The number of hydrogen-bond acceptors (Lipinski definition) is 4. The fourth-order valence-electron chi connectivity index (χ4n) is 1.40. The van der Waals surface area contributed by atoms with Crippen LogP contribution in [-0.2, 0) is 11.3 Å². The first kappa shape index (κ1) is 16.2. The second-order valence-corrected chi connectivity index (χ2v) is 4.50. The molecule has 0 aliphatic carbocycles. The number of rotatable bonds is 8. The van der Waals surface area contributed by atoms with Crippen molar-refractivity contribution < 1.29 is 9.47 Å². The Bertz CT molecular complexity index is 406. The van der Waals surface area contributed by atoms with Crippen molar-refractivity contribution in [3.8, 4) is 5.88 Å². The molecule has 20 heavy (non-hydrogen) atoms. The standard InChI is InChI=1S/C14H24N4O2/c1-4-11(2)18-14(15)17-10-12-5-6-13(16-9-12)20-8-7-19-3/h5-6,9,11H,4,7-8,10H2,1-3H3,(H3,15,17,18)/t11-/m1/s1. The van der Waals surface area contributed by atoms with Crippen molar-refractivity contribution in [3.63, 3.8) is 0 Å². The van der Waals surface area contributed by atoms with Crippen LogP contribution in [0.25, 0.3) is 0 Å². The minimum absolute atomic E-state index is 0.327. The van der Waals surface area contributed by atoms with E-state index in [4.69, 9.17) is 15.2 Å². The fraction of sp³-hybridized carbons (Fsp3) is 0.571. The van der Waals surface area contributed by atoms with Gasteiger partial charge in [-0.05, 0) is 18.9 Å². The summed E-state index contributed by atoms with van der Waals surface area (Å²) in [6.45, 7) is 5.70. The molecule has 6 heteroatoms. The van der Waals surface area contributed by atoms with Gasteiger partial charge < -0.3 is 20.5 Å². The van der Waals surface area contributed by atoms with Gasteiger partial charge >= 0.3 is 0 Å². The van der Waals surface area contributed by atoms with Crippen molar-refractivity contribution in [1.82, 2.24) is 10.3 Å². The predicted molar refractivity (Wildman–Crippen MR) is 79.8 cm³/mol. The van der Waals surface area contributed by atoms with E-state index in [1.807, 2.05) is 12.1 Å². The molecule has 0 spiro atoms. The maximum Gasteiger partial charge on any atom is 0.213 e. The molecule has 1 aromatic heterocycles. The van der Waals surface area contributed by atoms with Crippen LogP contribution < -0.4 is 15.8 Å². The van der Waals surface area contributed by atoms with E-state index in [0.717, 1.165) is 12.0 Å². The summed E-state index contributed by atoms with van der Waals surface area (Å²) in [5, 5.41) is 3.11. The summed E-state index contributed by atoms with van der Waals surface area (Å²) in [4.78, 5) is 8.47. The van der Waals surface area contributed by atoms with E-state index in [1.54, 1.807) is 13.3 Å². The Morgan fingerprint density at radius 1 is 1.45 bits per heavy atom. The second-order valence-electron chi connectivity index (χ2n) is 4.50. The molecule has 3 N–H and O–H groups in total. The Morgan fingerprint density at radius 3 is 2.85 bits per heavy atom. The van der Waals surface area contributed by atoms with Gasteiger partial charge in [-0.2, -0.15) is 0 Å². The van der Waals surface area contributed by atoms with E-state index in [0.29, 0.717) is 37.6 Å². The van der Waals surface area contributed by atoms with E-state index in [-0.39, 0.29) is 0 Å². The quantitative estimate of drug-likeness (QED) is 0.426. The molecule has 112 valence electrons. The maximum absolute atomic E-state index is 5.79. The fourth-order valence-corrected chi connectivity index (χ4v) is 1.40. The summed E-state index contributed by atoms with van der Waals surface area (Å²) < 4.78 is 10.3. The zero-order valence-corrected chi connectivity index (χ0v) is 12.4. The van der Waals surface area contributed by atoms with Gasteiger partial charge in [0.2, 0.25) is 5.88 Å². The molecule has 0 bridgehead atoms. The van der Waals surface area contributed by atoms with Gasteiger partial charge in [-0.3, -0.25) is 0 Å². The van der Waals surface area contributed by atoms with Crippen molar-refractivity contribution >= 4 is 5.96 Å². The number of hydrogen-bond donors (Lipinski definition) is 2. The first-order valence-electron chi connectivity index (χ1n) is 6.78. The van der Waals surface area contributed by atoms with Crippen LogP contribution in [0, 0.1) is 0 Å². The van der Waals surface area contributed by atoms with Crippen molar-refractivity contribution in [2.24, 2.45) is 10.7 Å². The van der Waals surface area contributed by atoms with Crippen LogP contribution in [0.4, 0.5) is 0 Å². The second kappa shape index (κ2) is 9.14. The van der Waals surface area contributed by atoms with Crippen molar-refractivity contribution in [3.05, 3.63) is 23.9 Å². The van der Waals surface area contributed by atoms with Crippen LogP contribution in [0.15, 0.2) is 23.3 Å². The molecule has 0 saturated heterocycles. The summed E-state index contributed by atoms with van der Waals surface area (Å²) >= 11 is 0. The third-order valence-electron chi connectivity index (χ3n) is 2.77. The average Bonchev–Trinajstić information content (AvgIpc) is 2.46. The minimum atomic E-state index is 0.327. The molecule has 0 aliphatic heterocycles. The molecule has 0 radical (unpaired) electrons. The topological polar surface area (TPSA) is 81.8 Å². The highest BCUT2D eigenvalue weighted by molar-refractivity contribution is 5.78. The number of ether oxygens (including phenoxy) is 2. The van der Waals surface area contributed by atoms with E-state index in [9.17, 15) is 0 Å². The normalized spacial score (nSPS) is 13.1. The number of pyridine rings is 1. The predicted octanol–water partition coefficient (Wildman–Crippen LogP) is 1.31. The SMILES string of the molecule is CC[C@@H](C)NC(N)=NCc1ccc(OCCOC)nc1. The van der Waals surface area contributed by atoms with Gasteiger partial charge in [0, 0.05) is 25.4 Å². The molecule has 0 saturated carbocycles. The Morgan fingerprint density at radius 2 is 2.25 bits per heavy atom. The lowest BCUT2D eigenvalue weighted by Gasteiger charge is -2.11. The monoisotopic (exact) mass is 280 g/mol. The molecular formula is C14H24N4O2. The lowest BCUT2D eigenvalue weighted by Crippen LogP contribution is -2.38. The van der Waals surface area contributed by atoms with Gasteiger partial charge in [0.25, 0.3) is 0 Å². The minimum Gasteiger partial charge on any atom is -0.475 e. The van der Waals surface area contributed by atoms with Gasteiger partial charge in [0.05, 0.1) is 13.2 Å². The lowest BCUT2D eigenvalue weighted by atomic mass is 10.3. The largest absolute Gasteiger partial charge is 0.475 e. The van der Waals surface area contributed by atoms with Crippen LogP contribution in [-0.4, -0.2) is 37.3 Å². The lowest BCUT2D eigenvalue weighted by molar-refractivity contribution is 0.143. The molecule has 1 rings (SSSR count). The highest BCUT2D eigenvalue weighted by Crippen LogP contribution is 2.08. The highest BCUT2D eigenvalue weighted by Gasteiger charge is 2.00. The van der Waals surface area contributed by atoms with Gasteiger partial charge in [0.15, 0.2) is 5.96 Å². The van der Waals surface area contributed by atoms with Crippen LogP contribution >= 0.6 is 0 Å². The molecule has 0 aromatic carbocycles. The molecule has 0 unspecified atom stereocenters. The van der Waals surface area contributed by atoms with E-state index in [1.165, 1.54) is 0 Å². The number of nitrogens with one attached hydrogen (secondary N) is 1. The zero-order chi connectivity index (χ0) is 14.8. The molecule has 0 fully saturated rings. The number of aromatic nitrogens is 1. The summed E-state index contributed by atoms with van der Waals surface area (Å²) in [6.07, 6.45) is 2.74. The Balaban J connectivity index is 2.42. The van der Waals surface area contributed by atoms with Crippen molar-refractivity contribution in [1.29, 1.82) is 0 Å². The molecule has 1 aromatic rings. The van der Waals surface area contributed by atoms with Gasteiger partial charge in [-0.25, -0.2) is 9.98 Å². The summed E-state index contributed by atoms with van der Waals surface area (Å²) in [7, 11) is 1.63. The number of nitrogens with two attached hydrogens (primary N) is 1. The van der Waals surface area contributed by atoms with Crippen LogP contribution in [0.5, 0.6) is 5.88 Å². The molecule has 1 heterocycles. The van der Waals surface area contributed by atoms with Crippen LogP contribution in [0.1, 0.15) is 25.8 Å². The summed E-state index contributed by atoms with van der Waals surface area (Å²) in [5.41, 5.74) is 6.77. The Labute approximate surface area is 120 Å². The Kier molecular flexibility index (Phi) is 7.42. The summed E-state index contributed by atoms with van der Waals surface area (Å²) in [5.74, 6) is 1.04. The number of methoxy groups -OCH3 is 1. The van der Waals surface area contributed by atoms with Gasteiger partial charge in [-0.1, -0.05) is 13.0 Å². The molecular weight excluding hydrogens is 256 g/mol. The first-order chi connectivity index (χ1) is 9.65. The number of aliphatic imine (C=N–C) groups is 1. The van der Waals surface area contributed by atoms with E-state index in [2.05, 4.69) is 29.1 Å². The first-order valence-corrected chi connectivity index (χ1v) is 6.78. The molecule has 0 aliphatic rings. The van der Waals surface area contributed by atoms with Crippen molar-refractivity contribution in [2.45, 2.75) is 32.9 Å². The molecule has 1 atom stereocenters. The highest BCUT2D eigenvalue weighted by atomic mass is 16.5. The maximum atomic E-state index is 5.79. The Hall–Kier alpha value is -1.82. The third kappa shape index (κ3) is 6.38. The van der Waals surface area contributed by atoms with Crippen LogP contribution in [0.3, 0.4) is 0 Å². The third-order valence-corrected chi connectivity index (χ3v) is 2.77. The van der Waals surface area contributed by atoms with E-state index >= 15 is 0 Å².